The summed E-state index contributed by atoms with van der Waals surface area (Å²) in [6, 6.07) is 6.27. The molecule has 18 heavy (non-hydrogen) atoms. The van der Waals surface area contributed by atoms with Crippen LogP contribution in [0.15, 0.2) is 18.2 Å². The van der Waals surface area contributed by atoms with Crippen LogP contribution in [0, 0.1) is 6.92 Å². The predicted molar refractivity (Wildman–Crippen MR) is 75.1 cm³/mol. The van der Waals surface area contributed by atoms with Crippen molar-refractivity contribution in [1.29, 1.82) is 0 Å². The summed E-state index contributed by atoms with van der Waals surface area (Å²) in [5.41, 5.74) is 2.55. The van der Waals surface area contributed by atoms with Crippen LogP contribution in [0.1, 0.15) is 31.9 Å². The highest BCUT2D eigenvalue weighted by molar-refractivity contribution is 5.36. The SMILES string of the molecule is COCCOc1ccc(C)cc1CNC(C)(C)C. The van der Waals surface area contributed by atoms with E-state index in [9.17, 15) is 0 Å². The van der Waals surface area contributed by atoms with Crippen molar-refractivity contribution in [3.8, 4) is 5.75 Å². The van der Waals surface area contributed by atoms with E-state index in [0.717, 1.165) is 12.3 Å². The molecule has 0 saturated heterocycles. The second kappa shape index (κ2) is 6.76. The average Bonchev–Trinajstić information content (AvgIpc) is 2.28. The normalized spacial score (nSPS) is 11.6. The van der Waals surface area contributed by atoms with Crippen LogP contribution < -0.4 is 10.1 Å². The summed E-state index contributed by atoms with van der Waals surface area (Å²) in [7, 11) is 1.68. The molecule has 0 fully saturated rings. The minimum absolute atomic E-state index is 0.105. The molecule has 0 aliphatic carbocycles. The Morgan fingerprint density at radius 2 is 1.89 bits per heavy atom. The Labute approximate surface area is 110 Å². The summed E-state index contributed by atoms with van der Waals surface area (Å²) in [4.78, 5) is 0. The molecule has 3 heteroatoms. The average molecular weight is 251 g/mol. The van der Waals surface area contributed by atoms with Crippen LogP contribution >= 0.6 is 0 Å². The molecular weight excluding hydrogens is 226 g/mol. The van der Waals surface area contributed by atoms with E-state index in [0.29, 0.717) is 13.2 Å². The van der Waals surface area contributed by atoms with Gasteiger partial charge >= 0.3 is 0 Å². The Morgan fingerprint density at radius 3 is 2.50 bits per heavy atom. The minimum atomic E-state index is 0.105. The lowest BCUT2D eigenvalue weighted by Crippen LogP contribution is -2.35. The fourth-order valence-corrected chi connectivity index (χ4v) is 1.58. The second-order valence-electron chi connectivity index (χ2n) is 5.56. The lowest BCUT2D eigenvalue weighted by Gasteiger charge is -2.22. The first-order chi connectivity index (χ1) is 8.42. The number of rotatable bonds is 6. The van der Waals surface area contributed by atoms with Crippen LogP contribution in [-0.4, -0.2) is 25.9 Å². The zero-order valence-electron chi connectivity index (χ0n) is 12.2. The van der Waals surface area contributed by atoms with Gasteiger partial charge in [-0.2, -0.15) is 0 Å². The molecule has 0 amide bonds. The highest BCUT2D eigenvalue weighted by Gasteiger charge is 2.11. The molecule has 102 valence electrons. The Hall–Kier alpha value is -1.06. The van der Waals surface area contributed by atoms with Crippen molar-refractivity contribution in [2.24, 2.45) is 0 Å². The number of hydrogen-bond acceptors (Lipinski definition) is 3. The summed E-state index contributed by atoms with van der Waals surface area (Å²) >= 11 is 0. The highest BCUT2D eigenvalue weighted by atomic mass is 16.5. The molecule has 0 bridgehead atoms. The molecule has 1 aromatic rings. The monoisotopic (exact) mass is 251 g/mol. The molecule has 1 aromatic carbocycles. The van der Waals surface area contributed by atoms with Crippen LogP contribution in [0.5, 0.6) is 5.75 Å². The molecule has 0 aliphatic rings. The highest BCUT2D eigenvalue weighted by Crippen LogP contribution is 2.20. The summed E-state index contributed by atoms with van der Waals surface area (Å²) in [6.07, 6.45) is 0. The molecule has 0 radical (unpaired) electrons. The molecule has 0 aromatic heterocycles. The summed E-state index contributed by atoms with van der Waals surface area (Å²) in [5, 5.41) is 3.48. The van der Waals surface area contributed by atoms with E-state index in [1.165, 1.54) is 11.1 Å². The largest absolute Gasteiger partial charge is 0.491 e. The van der Waals surface area contributed by atoms with Gasteiger partial charge in [-0.1, -0.05) is 17.7 Å². The fourth-order valence-electron chi connectivity index (χ4n) is 1.58. The smallest absolute Gasteiger partial charge is 0.123 e. The third-order valence-electron chi connectivity index (χ3n) is 2.57. The standard InChI is InChI=1S/C15H25NO2/c1-12-6-7-14(18-9-8-17-5)13(10-12)11-16-15(2,3)4/h6-7,10,16H,8-9,11H2,1-5H3. The predicted octanol–water partition coefficient (Wildman–Crippen LogP) is 2.91. The number of hydrogen-bond donors (Lipinski definition) is 1. The fraction of sp³-hybridized carbons (Fsp3) is 0.600. The van der Waals surface area contributed by atoms with Gasteiger partial charge in [0.1, 0.15) is 12.4 Å². The maximum absolute atomic E-state index is 5.73. The summed E-state index contributed by atoms with van der Waals surface area (Å²) in [5.74, 6) is 0.939. The van der Waals surface area contributed by atoms with Crippen molar-refractivity contribution in [2.45, 2.75) is 39.8 Å². The molecule has 0 unspecified atom stereocenters. The number of aryl methyl sites for hydroxylation is 1. The molecule has 1 N–H and O–H groups in total. The van der Waals surface area contributed by atoms with E-state index >= 15 is 0 Å². The number of benzene rings is 1. The summed E-state index contributed by atoms with van der Waals surface area (Å²) < 4.78 is 10.7. The number of nitrogens with one attached hydrogen (secondary N) is 1. The zero-order chi connectivity index (χ0) is 13.6. The first-order valence-corrected chi connectivity index (χ1v) is 6.38. The van der Waals surface area contributed by atoms with Crippen molar-refractivity contribution in [1.82, 2.24) is 5.32 Å². The first-order valence-electron chi connectivity index (χ1n) is 6.38. The topological polar surface area (TPSA) is 30.5 Å². The van der Waals surface area contributed by atoms with Crippen molar-refractivity contribution < 1.29 is 9.47 Å². The quantitative estimate of drug-likeness (QED) is 0.789. The van der Waals surface area contributed by atoms with Crippen molar-refractivity contribution in [2.75, 3.05) is 20.3 Å². The van der Waals surface area contributed by atoms with Crippen LogP contribution in [0.2, 0.25) is 0 Å². The van der Waals surface area contributed by atoms with E-state index in [4.69, 9.17) is 9.47 Å². The molecule has 0 spiro atoms. The Balaban J connectivity index is 2.70. The van der Waals surface area contributed by atoms with Gasteiger partial charge in [0.2, 0.25) is 0 Å². The maximum atomic E-state index is 5.73. The van der Waals surface area contributed by atoms with Gasteiger partial charge in [0, 0.05) is 24.8 Å². The van der Waals surface area contributed by atoms with Crippen molar-refractivity contribution >= 4 is 0 Å². The van der Waals surface area contributed by atoms with E-state index < -0.39 is 0 Å². The van der Waals surface area contributed by atoms with Gasteiger partial charge < -0.3 is 14.8 Å². The van der Waals surface area contributed by atoms with Gasteiger partial charge in [-0.25, -0.2) is 0 Å². The van der Waals surface area contributed by atoms with Crippen LogP contribution in [0.3, 0.4) is 0 Å². The van der Waals surface area contributed by atoms with E-state index in [1.54, 1.807) is 7.11 Å². The lowest BCUT2D eigenvalue weighted by molar-refractivity contribution is 0.145. The Morgan fingerprint density at radius 1 is 1.17 bits per heavy atom. The van der Waals surface area contributed by atoms with Crippen molar-refractivity contribution in [3.63, 3.8) is 0 Å². The summed E-state index contributed by atoms with van der Waals surface area (Å²) in [6.45, 7) is 10.6. The van der Waals surface area contributed by atoms with Gasteiger partial charge in [-0.3, -0.25) is 0 Å². The van der Waals surface area contributed by atoms with Crippen molar-refractivity contribution in [3.05, 3.63) is 29.3 Å². The van der Waals surface area contributed by atoms with Gasteiger partial charge in [-0.05, 0) is 33.8 Å². The molecule has 0 aliphatic heterocycles. The molecular formula is C15H25NO2. The van der Waals surface area contributed by atoms with Crippen LogP contribution in [0.4, 0.5) is 0 Å². The van der Waals surface area contributed by atoms with E-state index in [2.05, 4.69) is 45.1 Å². The van der Waals surface area contributed by atoms with Gasteiger partial charge in [0.05, 0.1) is 6.61 Å². The first kappa shape index (κ1) is 15.0. The Bertz CT molecular complexity index is 369. The molecule has 0 saturated carbocycles. The third-order valence-corrected chi connectivity index (χ3v) is 2.57. The zero-order valence-corrected chi connectivity index (χ0v) is 12.2. The molecule has 0 atom stereocenters. The number of methoxy groups -OCH3 is 1. The molecule has 3 nitrogen and oxygen atoms in total. The van der Waals surface area contributed by atoms with Crippen LogP contribution in [0.25, 0.3) is 0 Å². The molecule has 1 rings (SSSR count). The van der Waals surface area contributed by atoms with Gasteiger partial charge in [-0.15, -0.1) is 0 Å². The van der Waals surface area contributed by atoms with E-state index in [1.807, 2.05) is 6.07 Å². The lowest BCUT2D eigenvalue weighted by atomic mass is 10.1. The second-order valence-corrected chi connectivity index (χ2v) is 5.56. The minimum Gasteiger partial charge on any atom is -0.491 e. The van der Waals surface area contributed by atoms with Crippen LogP contribution in [-0.2, 0) is 11.3 Å². The maximum Gasteiger partial charge on any atom is 0.123 e. The van der Waals surface area contributed by atoms with E-state index in [-0.39, 0.29) is 5.54 Å². The molecule has 0 heterocycles. The van der Waals surface area contributed by atoms with Gasteiger partial charge in [0.25, 0.3) is 0 Å². The third kappa shape index (κ3) is 5.52. The van der Waals surface area contributed by atoms with Gasteiger partial charge in [0.15, 0.2) is 0 Å². The number of ether oxygens (including phenoxy) is 2. The Kier molecular flexibility index (Phi) is 5.63.